The van der Waals surface area contributed by atoms with Gasteiger partial charge in [-0.1, -0.05) is 72.8 Å². The largest absolute Gasteiger partial charge is 0.452 e. The van der Waals surface area contributed by atoms with Gasteiger partial charge in [0.25, 0.3) is 0 Å². The van der Waals surface area contributed by atoms with Crippen molar-refractivity contribution < 1.29 is 42.9 Å². The van der Waals surface area contributed by atoms with E-state index in [-0.39, 0.29) is 28.9 Å². The third-order valence-electron chi connectivity index (χ3n) is 6.39. The average Bonchev–Trinajstić information content (AvgIpc) is 3.05. The molecule has 0 saturated carbocycles. The highest BCUT2D eigenvalue weighted by Crippen LogP contribution is 2.28. The van der Waals surface area contributed by atoms with Crippen LogP contribution in [0.4, 0.5) is 0 Å². The Kier molecular flexibility index (Phi) is 9.00. The molecule has 0 aliphatic carbocycles. The SMILES string of the molecule is O=C(O[C@@H]1OC[C@@H](OC(=O)c2ccccc2)[C@@H](OC(=O)c2ccccc2)[C@@H]1OC(=O)c1ccccc1)c1ccccc1. The summed E-state index contributed by atoms with van der Waals surface area (Å²) in [5.74, 6) is -3.02. The molecule has 1 heterocycles. The average molecular weight is 567 g/mol. The number of benzene rings is 4. The first-order valence-electron chi connectivity index (χ1n) is 13.2. The zero-order chi connectivity index (χ0) is 29.3. The van der Waals surface area contributed by atoms with E-state index in [1.807, 2.05) is 0 Å². The Bertz CT molecular complexity index is 1390. The zero-order valence-corrected chi connectivity index (χ0v) is 22.2. The van der Waals surface area contributed by atoms with E-state index < -0.39 is 48.5 Å². The summed E-state index contributed by atoms with van der Waals surface area (Å²) in [7, 11) is 0. The van der Waals surface area contributed by atoms with Gasteiger partial charge in [-0.3, -0.25) is 0 Å². The highest BCUT2D eigenvalue weighted by molar-refractivity contribution is 5.91. The van der Waals surface area contributed by atoms with Crippen LogP contribution < -0.4 is 0 Å². The van der Waals surface area contributed by atoms with Crippen molar-refractivity contribution in [3.63, 3.8) is 0 Å². The number of rotatable bonds is 8. The van der Waals surface area contributed by atoms with Gasteiger partial charge in [0.15, 0.2) is 12.2 Å². The molecular formula is C33H26O9. The predicted molar refractivity (Wildman–Crippen MR) is 149 cm³/mol. The monoisotopic (exact) mass is 566 g/mol. The molecule has 0 unspecified atom stereocenters. The quantitative estimate of drug-likeness (QED) is 0.218. The molecule has 4 atom stereocenters. The summed E-state index contributed by atoms with van der Waals surface area (Å²) in [6.07, 6.45) is -5.61. The van der Waals surface area contributed by atoms with Gasteiger partial charge in [-0.05, 0) is 48.5 Å². The van der Waals surface area contributed by atoms with Crippen LogP contribution in [-0.4, -0.2) is 55.1 Å². The number of carbonyl (C=O) groups is 4. The second-order valence-corrected chi connectivity index (χ2v) is 9.25. The molecule has 0 N–H and O–H groups in total. The lowest BCUT2D eigenvalue weighted by molar-refractivity contribution is -0.250. The van der Waals surface area contributed by atoms with Crippen LogP contribution in [0.5, 0.6) is 0 Å². The fraction of sp³-hybridized carbons (Fsp3) is 0.152. The maximum absolute atomic E-state index is 13.2. The van der Waals surface area contributed by atoms with Gasteiger partial charge in [-0.25, -0.2) is 19.2 Å². The molecular weight excluding hydrogens is 540 g/mol. The summed E-state index contributed by atoms with van der Waals surface area (Å²) in [6.45, 7) is -0.322. The molecule has 0 bridgehead atoms. The molecule has 4 aromatic carbocycles. The number of hydrogen-bond donors (Lipinski definition) is 0. The van der Waals surface area contributed by atoms with Crippen LogP contribution in [0, 0.1) is 0 Å². The maximum Gasteiger partial charge on any atom is 0.340 e. The molecule has 1 aliphatic heterocycles. The standard InChI is InChI=1S/C33H26O9/c34-29(22-13-5-1-6-14-22)39-26-21-38-33(42-32(37)25-19-11-4-12-20-25)28(41-31(36)24-17-9-3-10-18-24)27(26)40-30(35)23-15-7-2-8-16-23/h1-20,26-28,33H,21H2/t26-,27-,28+,33+/m1/s1. The molecule has 212 valence electrons. The Balaban J connectivity index is 1.48. The van der Waals surface area contributed by atoms with Crippen molar-refractivity contribution in [3.8, 4) is 0 Å². The minimum atomic E-state index is -1.50. The summed E-state index contributed by atoms with van der Waals surface area (Å²) in [6, 6.07) is 32.6. The van der Waals surface area contributed by atoms with Crippen LogP contribution in [0.15, 0.2) is 121 Å². The van der Waals surface area contributed by atoms with Gasteiger partial charge in [0.2, 0.25) is 12.4 Å². The lowest BCUT2D eigenvalue weighted by atomic mass is 10.0. The second kappa shape index (κ2) is 13.4. The van der Waals surface area contributed by atoms with Crippen LogP contribution >= 0.6 is 0 Å². The molecule has 0 amide bonds. The molecule has 0 aromatic heterocycles. The van der Waals surface area contributed by atoms with E-state index in [9.17, 15) is 19.2 Å². The molecule has 1 aliphatic rings. The van der Waals surface area contributed by atoms with Crippen LogP contribution in [-0.2, 0) is 23.7 Å². The van der Waals surface area contributed by atoms with E-state index in [1.165, 1.54) is 12.1 Å². The van der Waals surface area contributed by atoms with Crippen molar-refractivity contribution in [1.29, 1.82) is 0 Å². The predicted octanol–water partition coefficient (Wildman–Crippen LogP) is 4.88. The lowest BCUT2D eigenvalue weighted by Crippen LogP contribution is -2.58. The van der Waals surface area contributed by atoms with Crippen LogP contribution in [0.2, 0.25) is 0 Å². The number of hydrogen-bond acceptors (Lipinski definition) is 9. The van der Waals surface area contributed by atoms with Gasteiger partial charge in [0.05, 0.1) is 28.9 Å². The molecule has 5 rings (SSSR count). The van der Waals surface area contributed by atoms with Gasteiger partial charge in [0, 0.05) is 0 Å². The van der Waals surface area contributed by atoms with E-state index in [0.29, 0.717) is 0 Å². The van der Waals surface area contributed by atoms with Gasteiger partial charge in [-0.15, -0.1) is 0 Å². The van der Waals surface area contributed by atoms with E-state index >= 15 is 0 Å². The molecule has 9 nitrogen and oxygen atoms in total. The third kappa shape index (κ3) is 6.89. The number of ether oxygens (including phenoxy) is 5. The Morgan fingerprint density at radius 3 is 1.19 bits per heavy atom. The van der Waals surface area contributed by atoms with Crippen molar-refractivity contribution in [3.05, 3.63) is 144 Å². The molecule has 4 aromatic rings. The summed E-state index contributed by atoms with van der Waals surface area (Å²) in [4.78, 5) is 52.4. The van der Waals surface area contributed by atoms with Gasteiger partial charge in [-0.2, -0.15) is 0 Å². The molecule has 1 fully saturated rings. The van der Waals surface area contributed by atoms with Gasteiger partial charge in [0.1, 0.15) is 0 Å². The topological polar surface area (TPSA) is 114 Å². The maximum atomic E-state index is 13.2. The summed E-state index contributed by atoms with van der Waals surface area (Å²) >= 11 is 0. The molecule has 42 heavy (non-hydrogen) atoms. The van der Waals surface area contributed by atoms with Gasteiger partial charge < -0.3 is 23.7 Å². The van der Waals surface area contributed by atoms with Gasteiger partial charge >= 0.3 is 23.9 Å². The van der Waals surface area contributed by atoms with Crippen LogP contribution in [0.3, 0.4) is 0 Å². The molecule has 0 spiro atoms. The summed E-state index contributed by atoms with van der Waals surface area (Å²) in [5.41, 5.74) is 0.885. The zero-order valence-electron chi connectivity index (χ0n) is 22.2. The highest BCUT2D eigenvalue weighted by atomic mass is 16.7. The molecule has 1 saturated heterocycles. The van der Waals surface area contributed by atoms with Crippen LogP contribution in [0.25, 0.3) is 0 Å². The molecule has 0 radical (unpaired) electrons. The highest BCUT2D eigenvalue weighted by Gasteiger charge is 2.50. The number of carbonyl (C=O) groups excluding carboxylic acids is 4. The van der Waals surface area contributed by atoms with E-state index in [2.05, 4.69) is 0 Å². The second-order valence-electron chi connectivity index (χ2n) is 9.25. The Hall–Kier alpha value is -5.28. The summed E-state index contributed by atoms with van der Waals surface area (Å²) in [5, 5.41) is 0. The fourth-order valence-electron chi connectivity index (χ4n) is 4.27. The smallest absolute Gasteiger partial charge is 0.340 e. The first-order chi connectivity index (χ1) is 20.5. The van der Waals surface area contributed by atoms with Crippen molar-refractivity contribution in [2.75, 3.05) is 6.61 Å². The van der Waals surface area contributed by atoms with Crippen molar-refractivity contribution in [1.82, 2.24) is 0 Å². The van der Waals surface area contributed by atoms with Crippen molar-refractivity contribution >= 4 is 23.9 Å². The molecule has 9 heteroatoms. The Morgan fingerprint density at radius 1 is 0.452 bits per heavy atom. The lowest BCUT2D eigenvalue weighted by Gasteiger charge is -2.40. The van der Waals surface area contributed by atoms with Crippen LogP contribution in [0.1, 0.15) is 41.4 Å². The van der Waals surface area contributed by atoms with Crippen molar-refractivity contribution in [2.24, 2.45) is 0 Å². The minimum absolute atomic E-state index is 0.196. The summed E-state index contributed by atoms with van der Waals surface area (Å²) < 4.78 is 28.7. The third-order valence-corrected chi connectivity index (χ3v) is 6.39. The van der Waals surface area contributed by atoms with E-state index in [4.69, 9.17) is 23.7 Å². The van der Waals surface area contributed by atoms with E-state index in [0.717, 1.165) is 0 Å². The first-order valence-corrected chi connectivity index (χ1v) is 13.2. The fourth-order valence-corrected chi connectivity index (χ4v) is 4.27. The van der Waals surface area contributed by atoms with Crippen molar-refractivity contribution in [2.45, 2.75) is 24.6 Å². The normalized spacial score (nSPS) is 19.6. The van der Waals surface area contributed by atoms with E-state index in [1.54, 1.807) is 109 Å². The Morgan fingerprint density at radius 2 is 0.786 bits per heavy atom. The number of esters is 4. The first kappa shape index (κ1) is 28.3. The Labute approximate surface area is 241 Å². The minimum Gasteiger partial charge on any atom is -0.452 e.